The highest BCUT2D eigenvalue weighted by Gasteiger charge is 2.21. The number of fused-ring (bicyclic) bond motifs is 5. The molecule has 4 nitrogen and oxygen atoms in total. The maximum absolute atomic E-state index is 6.13. The molecule has 0 radical (unpaired) electrons. The van der Waals surface area contributed by atoms with Gasteiger partial charge in [-0.15, -0.1) is 11.3 Å². The Bertz CT molecular complexity index is 1320. The first-order chi connectivity index (χ1) is 13.8. The number of aryl methyl sites for hydroxylation is 1. The van der Waals surface area contributed by atoms with Gasteiger partial charge in [-0.3, -0.25) is 4.90 Å². The largest absolute Gasteiger partial charge is 0.478 e. The van der Waals surface area contributed by atoms with Gasteiger partial charge in [-0.1, -0.05) is 30.3 Å². The molecule has 0 unspecified atom stereocenters. The van der Waals surface area contributed by atoms with Crippen LogP contribution in [0.5, 0.6) is 5.75 Å². The minimum Gasteiger partial charge on any atom is -0.478 e. The fraction of sp³-hybridized carbons (Fsp3) is 0.174. The SMILES string of the molecule is Cn1c2ccccc2c2cc3c(cc21)OCN(Cc1nc2ccccc2s1)C3. The highest BCUT2D eigenvalue weighted by atomic mass is 32.1. The Balaban J connectivity index is 1.36. The van der Waals surface area contributed by atoms with Crippen molar-refractivity contribution in [3.63, 3.8) is 0 Å². The van der Waals surface area contributed by atoms with Gasteiger partial charge in [-0.25, -0.2) is 4.98 Å². The number of para-hydroxylation sites is 2. The van der Waals surface area contributed by atoms with Crippen LogP contribution in [0, 0.1) is 0 Å². The molecule has 0 saturated heterocycles. The number of hydrogen-bond donors (Lipinski definition) is 0. The number of benzene rings is 3. The molecule has 0 saturated carbocycles. The Morgan fingerprint density at radius 3 is 2.79 bits per heavy atom. The first-order valence-electron chi connectivity index (χ1n) is 9.46. The lowest BCUT2D eigenvalue weighted by Crippen LogP contribution is -2.31. The summed E-state index contributed by atoms with van der Waals surface area (Å²) in [7, 11) is 2.12. The molecule has 0 amide bonds. The third kappa shape index (κ3) is 2.44. The standard InChI is InChI=1S/C23H19N3OS/c1-25-19-8-4-2-6-16(19)17-10-15-12-26(14-27-21(15)11-20(17)25)13-23-24-18-7-3-5-9-22(18)28-23/h2-11H,12-14H2,1H3. The van der Waals surface area contributed by atoms with Gasteiger partial charge in [0.2, 0.25) is 0 Å². The van der Waals surface area contributed by atoms with Gasteiger partial charge in [0, 0.05) is 41.5 Å². The number of rotatable bonds is 2. The van der Waals surface area contributed by atoms with Crippen molar-refractivity contribution in [1.82, 2.24) is 14.5 Å². The van der Waals surface area contributed by atoms with E-state index < -0.39 is 0 Å². The molecule has 0 atom stereocenters. The topological polar surface area (TPSA) is 30.3 Å². The zero-order chi connectivity index (χ0) is 18.7. The molecule has 0 bridgehead atoms. The molecule has 6 rings (SSSR count). The Kier molecular flexibility index (Phi) is 3.48. The van der Waals surface area contributed by atoms with Crippen LogP contribution in [0.3, 0.4) is 0 Å². The molecule has 3 heterocycles. The minimum atomic E-state index is 0.596. The number of aromatic nitrogens is 2. The van der Waals surface area contributed by atoms with E-state index in [1.807, 2.05) is 6.07 Å². The van der Waals surface area contributed by atoms with Crippen molar-refractivity contribution < 1.29 is 4.74 Å². The maximum Gasteiger partial charge on any atom is 0.142 e. The molecule has 0 N–H and O–H groups in total. The molecule has 5 aromatic rings. The molecule has 138 valence electrons. The predicted molar refractivity (Wildman–Crippen MR) is 115 cm³/mol. The molecule has 2 aromatic heterocycles. The lowest BCUT2D eigenvalue weighted by molar-refractivity contribution is 0.0889. The van der Waals surface area contributed by atoms with Crippen LogP contribution in [0.15, 0.2) is 60.7 Å². The van der Waals surface area contributed by atoms with Crippen LogP contribution < -0.4 is 4.74 Å². The normalized spacial score (nSPS) is 14.6. The summed E-state index contributed by atoms with van der Waals surface area (Å²) in [6.45, 7) is 2.29. The zero-order valence-electron chi connectivity index (χ0n) is 15.6. The zero-order valence-corrected chi connectivity index (χ0v) is 16.4. The number of ether oxygens (including phenoxy) is 1. The van der Waals surface area contributed by atoms with Gasteiger partial charge in [-0.05, 0) is 24.3 Å². The van der Waals surface area contributed by atoms with Crippen molar-refractivity contribution in [2.24, 2.45) is 7.05 Å². The van der Waals surface area contributed by atoms with E-state index in [-0.39, 0.29) is 0 Å². The lowest BCUT2D eigenvalue weighted by Gasteiger charge is -2.28. The third-order valence-corrected chi connectivity index (χ3v) is 6.61. The van der Waals surface area contributed by atoms with E-state index in [9.17, 15) is 0 Å². The first kappa shape index (κ1) is 16.1. The van der Waals surface area contributed by atoms with E-state index in [2.05, 4.69) is 71.1 Å². The number of nitrogens with zero attached hydrogens (tertiary/aromatic N) is 3. The van der Waals surface area contributed by atoms with Crippen molar-refractivity contribution in [3.8, 4) is 5.75 Å². The Morgan fingerprint density at radius 1 is 1.00 bits per heavy atom. The molecule has 0 fully saturated rings. The minimum absolute atomic E-state index is 0.596. The highest BCUT2D eigenvalue weighted by molar-refractivity contribution is 7.18. The van der Waals surface area contributed by atoms with E-state index >= 15 is 0 Å². The summed E-state index contributed by atoms with van der Waals surface area (Å²) in [5, 5.41) is 3.73. The van der Waals surface area contributed by atoms with Gasteiger partial charge in [0.1, 0.15) is 17.5 Å². The Hall–Kier alpha value is -2.89. The van der Waals surface area contributed by atoms with Crippen molar-refractivity contribution in [1.29, 1.82) is 0 Å². The van der Waals surface area contributed by atoms with E-state index in [4.69, 9.17) is 9.72 Å². The Morgan fingerprint density at radius 2 is 1.86 bits per heavy atom. The van der Waals surface area contributed by atoms with Gasteiger partial charge in [-0.2, -0.15) is 0 Å². The molecule has 1 aliphatic rings. The van der Waals surface area contributed by atoms with Crippen molar-refractivity contribution in [2.45, 2.75) is 13.1 Å². The van der Waals surface area contributed by atoms with E-state index in [0.29, 0.717) is 6.73 Å². The van der Waals surface area contributed by atoms with Crippen molar-refractivity contribution >= 4 is 43.4 Å². The first-order valence-corrected chi connectivity index (χ1v) is 10.3. The monoisotopic (exact) mass is 385 g/mol. The van der Waals surface area contributed by atoms with Crippen LogP contribution >= 0.6 is 11.3 Å². The van der Waals surface area contributed by atoms with Crippen LogP contribution in [0.25, 0.3) is 32.0 Å². The van der Waals surface area contributed by atoms with Gasteiger partial charge >= 0.3 is 0 Å². The van der Waals surface area contributed by atoms with Crippen molar-refractivity contribution in [2.75, 3.05) is 6.73 Å². The van der Waals surface area contributed by atoms with Gasteiger partial charge in [0.05, 0.1) is 22.3 Å². The fourth-order valence-electron chi connectivity index (χ4n) is 4.22. The maximum atomic E-state index is 6.13. The Labute approximate surface area is 166 Å². The summed E-state index contributed by atoms with van der Waals surface area (Å²) < 4.78 is 9.63. The van der Waals surface area contributed by atoms with Crippen LogP contribution in [-0.4, -0.2) is 21.2 Å². The van der Waals surface area contributed by atoms with Crippen LogP contribution in [0.1, 0.15) is 10.6 Å². The third-order valence-electron chi connectivity index (χ3n) is 5.59. The molecular weight excluding hydrogens is 366 g/mol. The molecule has 5 heteroatoms. The second-order valence-corrected chi connectivity index (χ2v) is 8.50. The van der Waals surface area contributed by atoms with Gasteiger partial charge in [0.15, 0.2) is 0 Å². The number of thiazole rings is 1. The molecule has 3 aromatic carbocycles. The molecular formula is C23H19N3OS. The van der Waals surface area contributed by atoms with Gasteiger partial charge < -0.3 is 9.30 Å². The molecule has 0 spiro atoms. The molecule has 28 heavy (non-hydrogen) atoms. The average molecular weight is 385 g/mol. The summed E-state index contributed by atoms with van der Waals surface area (Å²) in [6, 6.07) is 21.4. The van der Waals surface area contributed by atoms with Gasteiger partial charge in [0.25, 0.3) is 0 Å². The lowest BCUT2D eigenvalue weighted by atomic mass is 10.1. The summed E-state index contributed by atoms with van der Waals surface area (Å²) in [5.41, 5.74) is 4.81. The molecule has 1 aliphatic heterocycles. The highest BCUT2D eigenvalue weighted by Crippen LogP contribution is 2.36. The average Bonchev–Trinajstić information content (AvgIpc) is 3.25. The van der Waals surface area contributed by atoms with Crippen molar-refractivity contribution in [3.05, 3.63) is 71.2 Å². The quantitative estimate of drug-likeness (QED) is 0.413. The second-order valence-electron chi connectivity index (χ2n) is 7.39. The smallest absolute Gasteiger partial charge is 0.142 e. The van der Waals surface area contributed by atoms with E-state index in [1.165, 1.54) is 32.1 Å². The summed E-state index contributed by atoms with van der Waals surface area (Å²) in [6.07, 6.45) is 0. The molecule has 0 aliphatic carbocycles. The van der Waals surface area contributed by atoms with Crippen LogP contribution in [-0.2, 0) is 20.1 Å². The summed E-state index contributed by atoms with van der Waals surface area (Å²) in [5.74, 6) is 0.999. The number of hydrogen-bond acceptors (Lipinski definition) is 4. The van der Waals surface area contributed by atoms with E-state index in [0.717, 1.165) is 29.4 Å². The second kappa shape index (κ2) is 6.06. The van der Waals surface area contributed by atoms with Crippen LogP contribution in [0.2, 0.25) is 0 Å². The van der Waals surface area contributed by atoms with Crippen LogP contribution in [0.4, 0.5) is 0 Å². The fourth-order valence-corrected chi connectivity index (χ4v) is 5.23. The van der Waals surface area contributed by atoms with E-state index in [1.54, 1.807) is 11.3 Å². The summed E-state index contributed by atoms with van der Waals surface area (Å²) >= 11 is 1.77. The summed E-state index contributed by atoms with van der Waals surface area (Å²) in [4.78, 5) is 7.09. The predicted octanol–water partition coefficient (Wildman–Crippen LogP) is 5.29.